The summed E-state index contributed by atoms with van der Waals surface area (Å²) in [6.45, 7) is 4.16. The van der Waals surface area contributed by atoms with E-state index in [0.29, 0.717) is 0 Å². The van der Waals surface area contributed by atoms with Crippen molar-refractivity contribution in [3.05, 3.63) is 53.6 Å². The van der Waals surface area contributed by atoms with E-state index in [4.69, 9.17) is 10.9 Å². The zero-order chi connectivity index (χ0) is 15.2. The highest BCUT2D eigenvalue weighted by Crippen LogP contribution is 2.36. The molecular weight excluding hydrogens is 300 g/mol. The third-order valence-electron chi connectivity index (χ3n) is 2.97. The number of amidine groups is 1. The Morgan fingerprint density at radius 2 is 1.76 bits per heavy atom. The Bertz CT molecular complexity index is 656. The number of aryl methyl sites for hydroxylation is 1. The maximum absolute atomic E-state index is 9.07. The van der Waals surface area contributed by atoms with Crippen LogP contribution < -0.4 is 5.73 Å². The van der Waals surface area contributed by atoms with Gasteiger partial charge in [-0.05, 0) is 36.4 Å². The minimum atomic E-state index is 0.155. The molecule has 2 aromatic carbocycles. The van der Waals surface area contributed by atoms with Crippen molar-refractivity contribution in [2.45, 2.75) is 28.5 Å². The molecule has 0 spiro atoms. The van der Waals surface area contributed by atoms with Gasteiger partial charge in [-0.15, -0.1) is 11.8 Å². The molecule has 0 aliphatic carbocycles. The maximum Gasteiger partial charge on any atom is 0.172 e. The highest BCUT2D eigenvalue weighted by molar-refractivity contribution is 8.00. The molecule has 0 unspecified atom stereocenters. The molecule has 0 atom stereocenters. The Morgan fingerprint density at radius 3 is 2.43 bits per heavy atom. The van der Waals surface area contributed by atoms with Gasteiger partial charge in [-0.1, -0.05) is 48.1 Å². The number of nitrogens with zero attached hydrogens (tertiary/aromatic N) is 1. The highest BCUT2D eigenvalue weighted by atomic mass is 32.2. The van der Waals surface area contributed by atoms with Crippen LogP contribution in [0.1, 0.15) is 18.1 Å². The van der Waals surface area contributed by atoms with E-state index in [9.17, 15) is 0 Å². The van der Waals surface area contributed by atoms with E-state index < -0.39 is 0 Å². The lowest BCUT2D eigenvalue weighted by molar-refractivity contribution is 0.318. The predicted molar refractivity (Wildman–Crippen MR) is 90.7 cm³/mol. The summed E-state index contributed by atoms with van der Waals surface area (Å²) in [5.41, 5.74) is 7.91. The number of hydrogen-bond acceptors (Lipinski definition) is 4. The largest absolute Gasteiger partial charge is 0.409 e. The number of oxime groups is 1. The summed E-state index contributed by atoms with van der Waals surface area (Å²) in [6.07, 6.45) is 0. The van der Waals surface area contributed by atoms with Crippen molar-refractivity contribution in [1.82, 2.24) is 0 Å². The molecule has 0 fully saturated rings. The number of nitrogens with two attached hydrogens (primary N) is 1. The molecule has 0 bridgehead atoms. The van der Waals surface area contributed by atoms with Crippen LogP contribution in [-0.2, 0) is 0 Å². The zero-order valence-corrected chi connectivity index (χ0v) is 13.7. The van der Waals surface area contributed by atoms with Crippen molar-refractivity contribution in [1.29, 1.82) is 0 Å². The molecule has 2 aromatic rings. The smallest absolute Gasteiger partial charge is 0.172 e. The van der Waals surface area contributed by atoms with Crippen LogP contribution >= 0.6 is 23.5 Å². The molecule has 2 rings (SSSR count). The molecule has 0 aliphatic rings. The first-order valence-electron chi connectivity index (χ1n) is 6.64. The van der Waals surface area contributed by atoms with Crippen LogP contribution in [0.25, 0.3) is 0 Å². The molecule has 0 amide bonds. The quantitative estimate of drug-likeness (QED) is 0.283. The molecule has 0 radical (unpaired) electrons. The number of thioether (sulfide) groups is 1. The zero-order valence-electron chi connectivity index (χ0n) is 12.0. The van der Waals surface area contributed by atoms with Crippen molar-refractivity contribution in [3.63, 3.8) is 0 Å². The topological polar surface area (TPSA) is 58.6 Å². The van der Waals surface area contributed by atoms with E-state index in [1.54, 1.807) is 23.5 Å². The summed E-state index contributed by atoms with van der Waals surface area (Å²) < 4.78 is 0. The lowest BCUT2D eigenvalue weighted by atomic mass is 10.2. The van der Waals surface area contributed by atoms with Gasteiger partial charge in [-0.3, -0.25) is 0 Å². The maximum atomic E-state index is 9.07. The van der Waals surface area contributed by atoms with E-state index in [-0.39, 0.29) is 5.84 Å². The first kappa shape index (κ1) is 15.8. The Morgan fingerprint density at radius 1 is 1.10 bits per heavy atom. The summed E-state index contributed by atoms with van der Waals surface area (Å²) in [4.78, 5) is 3.20. The number of benzene rings is 2. The van der Waals surface area contributed by atoms with Crippen LogP contribution in [0.3, 0.4) is 0 Å². The summed E-state index contributed by atoms with van der Waals surface area (Å²) >= 11 is 3.33. The second kappa shape index (κ2) is 7.43. The van der Waals surface area contributed by atoms with Crippen LogP contribution in [-0.4, -0.2) is 16.8 Å². The van der Waals surface area contributed by atoms with E-state index >= 15 is 0 Å². The van der Waals surface area contributed by atoms with Crippen LogP contribution in [0.2, 0.25) is 0 Å². The molecular formula is C16H18N2OS2. The average Bonchev–Trinajstić information content (AvgIpc) is 2.49. The molecule has 0 saturated heterocycles. The van der Waals surface area contributed by atoms with Gasteiger partial charge in [-0.25, -0.2) is 0 Å². The molecule has 5 heteroatoms. The highest BCUT2D eigenvalue weighted by Gasteiger charge is 2.14. The minimum absolute atomic E-state index is 0.155. The van der Waals surface area contributed by atoms with Crippen molar-refractivity contribution in [2.75, 3.05) is 5.75 Å². The Kier molecular flexibility index (Phi) is 5.59. The Hall–Kier alpha value is -1.59. The van der Waals surface area contributed by atoms with Gasteiger partial charge in [0.05, 0.1) is 0 Å². The number of hydrogen-bond donors (Lipinski definition) is 2. The fraction of sp³-hybridized carbons (Fsp3) is 0.188. The molecule has 0 heterocycles. The van der Waals surface area contributed by atoms with Crippen molar-refractivity contribution in [3.8, 4) is 0 Å². The first-order chi connectivity index (χ1) is 10.2. The standard InChI is InChI=1S/C16H18N2OS2/c1-3-20-13-9-6-10-14(15(13)16(17)18-19)21-12-8-5-4-7-11(12)2/h4-10,19H,3H2,1-2H3,(H2,17,18). The van der Waals surface area contributed by atoms with Gasteiger partial charge in [0.15, 0.2) is 5.84 Å². The van der Waals surface area contributed by atoms with Crippen LogP contribution in [0.5, 0.6) is 0 Å². The number of rotatable bonds is 5. The van der Waals surface area contributed by atoms with Gasteiger partial charge in [0, 0.05) is 20.2 Å². The summed E-state index contributed by atoms with van der Waals surface area (Å²) in [6, 6.07) is 14.2. The van der Waals surface area contributed by atoms with Gasteiger partial charge in [-0.2, -0.15) is 0 Å². The molecule has 110 valence electrons. The molecule has 3 nitrogen and oxygen atoms in total. The normalized spacial score (nSPS) is 11.6. The fourth-order valence-corrected chi connectivity index (χ4v) is 3.95. The SMILES string of the molecule is CCSc1cccc(Sc2ccccc2C)c1/C(N)=N/O. The van der Waals surface area contributed by atoms with Gasteiger partial charge < -0.3 is 10.9 Å². The molecule has 3 N–H and O–H groups in total. The minimum Gasteiger partial charge on any atom is -0.409 e. The fourth-order valence-electron chi connectivity index (χ4n) is 1.96. The summed E-state index contributed by atoms with van der Waals surface area (Å²) in [5, 5.41) is 12.3. The first-order valence-corrected chi connectivity index (χ1v) is 8.44. The van der Waals surface area contributed by atoms with Crippen molar-refractivity contribution >= 4 is 29.4 Å². The third-order valence-corrected chi connectivity index (χ3v) is 5.14. The molecule has 0 saturated carbocycles. The van der Waals surface area contributed by atoms with E-state index in [1.165, 1.54) is 10.5 Å². The van der Waals surface area contributed by atoms with Crippen molar-refractivity contribution < 1.29 is 5.21 Å². The third kappa shape index (κ3) is 3.74. The lowest BCUT2D eigenvalue weighted by Crippen LogP contribution is -2.15. The van der Waals surface area contributed by atoms with Crippen LogP contribution in [0, 0.1) is 6.92 Å². The van der Waals surface area contributed by atoms with Gasteiger partial charge in [0.2, 0.25) is 0 Å². The van der Waals surface area contributed by atoms with Crippen LogP contribution in [0.4, 0.5) is 0 Å². The monoisotopic (exact) mass is 318 g/mol. The van der Waals surface area contributed by atoms with Crippen LogP contribution in [0.15, 0.2) is 62.3 Å². The lowest BCUT2D eigenvalue weighted by Gasteiger charge is -2.13. The van der Waals surface area contributed by atoms with Gasteiger partial charge in [0.1, 0.15) is 0 Å². The second-order valence-electron chi connectivity index (χ2n) is 4.42. The molecule has 0 aliphatic heterocycles. The Labute approximate surface area is 133 Å². The van der Waals surface area contributed by atoms with Gasteiger partial charge in [0.25, 0.3) is 0 Å². The Balaban J connectivity index is 2.48. The second-order valence-corrected chi connectivity index (χ2v) is 6.80. The van der Waals surface area contributed by atoms with E-state index in [2.05, 4.69) is 31.1 Å². The van der Waals surface area contributed by atoms with E-state index in [1.807, 2.05) is 30.3 Å². The predicted octanol–water partition coefficient (Wildman–Crippen LogP) is 4.35. The van der Waals surface area contributed by atoms with E-state index in [0.717, 1.165) is 21.1 Å². The average molecular weight is 318 g/mol. The van der Waals surface area contributed by atoms with Crippen molar-refractivity contribution in [2.24, 2.45) is 10.9 Å². The molecule has 0 aromatic heterocycles. The molecule has 21 heavy (non-hydrogen) atoms. The summed E-state index contributed by atoms with van der Waals surface area (Å²) in [5.74, 6) is 1.09. The summed E-state index contributed by atoms with van der Waals surface area (Å²) in [7, 11) is 0. The van der Waals surface area contributed by atoms with Gasteiger partial charge >= 0.3 is 0 Å².